The molecule has 0 amide bonds. The Morgan fingerprint density at radius 1 is 1.04 bits per heavy atom. The summed E-state index contributed by atoms with van der Waals surface area (Å²) in [6.07, 6.45) is 1.96. The van der Waals surface area contributed by atoms with Gasteiger partial charge in [0.1, 0.15) is 0 Å². The van der Waals surface area contributed by atoms with E-state index < -0.39 is 0 Å². The Labute approximate surface area is 164 Å². The topological polar surface area (TPSA) is 58.6 Å². The van der Waals surface area contributed by atoms with Crippen LogP contribution >= 0.6 is 0 Å². The molecule has 1 N–H and O–H groups in total. The lowest BCUT2D eigenvalue weighted by Crippen LogP contribution is -2.41. The highest BCUT2D eigenvalue weighted by Gasteiger charge is 2.08. The number of guanidine groups is 1. The molecule has 0 aromatic heterocycles. The minimum Gasteiger partial charge on any atom is -0.493 e. The van der Waals surface area contributed by atoms with Crippen LogP contribution in [0.3, 0.4) is 0 Å². The number of ether oxygens (including phenoxy) is 3. The van der Waals surface area contributed by atoms with Gasteiger partial charge in [0.25, 0.3) is 0 Å². The maximum Gasteiger partial charge on any atom is 0.193 e. The third-order valence-corrected chi connectivity index (χ3v) is 4.43. The molecule has 0 spiro atoms. The van der Waals surface area contributed by atoms with E-state index in [2.05, 4.69) is 40.3 Å². The molecule has 1 aromatic carbocycles. The SMILES string of the molecule is CN=C(NCCCN(C)CCOC)N(C)CCc1ccc(OC)c(OC)c1. The number of methoxy groups -OCH3 is 3. The fraction of sp³-hybridized carbons (Fsp3) is 0.650. The van der Waals surface area contributed by atoms with Gasteiger partial charge in [0.2, 0.25) is 0 Å². The smallest absolute Gasteiger partial charge is 0.193 e. The van der Waals surface area contributed by atoms with Crippen molar-refractivity contribution in [2.24, 2.45) is 4.99 Å². The highest BCUT2D eigenvalue weighted by atomic mass is 16.5. The summed E-state index contributed by atoms with van der Waals surface area (Å²) in [5.74, 6) is 2.43. The molecule has 0 fully saturated rings. The van der Waals surface area contributed by atoms with E-state index in [1.807, 2.05) is 19.2 Å². The zero-order chi connectivity index (χ0) is 20.1. The second kappa shape index (κ2) is 13.2. The second-order valence-electron chi connectivity index (χ2n) is 6.48. The molecule has 0 aliphatic heterocycles. The fourth-order valence-electron chi connectivity index (χ4n) is 2.73. The summed E-state index contributed by atoms with van der Waals surface area (Å²) >= 11 is 0. The van der Waals surface area contributed by atoms with Crippen molar-refractivity contribution in [2.75, 3.05) is 75.3 Å². The lowest BCUT2D eigenvalue weighted by atomic mass is 10.1. The van der Waals surface area contributed by atoms with E-state index in [0.29, 0.717) is 0 Å². The number of likely N-dealkylation sites (N-methyl/N-ethyl adjacent to an activating group) is 2. The van der Waals surface area contributed by atoms with E-state index in [1.54, 1.807) is 21.3 Å². The number of benzene rings is 1. The highest BCUT2D eigenvalue weighted by Crippen LogP contribution is 2.27. The zero-order valence-electron chi connectivity index (χ0n) is 17.7. The quantitative estimate of drug-likeness (QED) is 0.339. The summed E-state index contributed by atoms with van der Waals surface area (Å²) in [5.41, 5.74) is 1.20. The van der Waals surface area contributed by atoms with Crippen molar-refractivity contribution in [1.82, 2.24) is 15.1 Å². The van der Waals surface area contributed by atoms with Crippen LogP contribution in [-0.4, -0.2) is 91.0 Å². The van der Waals surface area contributed by atoms with Crippen molar-refractivity contribution >= 4 is 5.96 Å². The van der Waals surface area contributed by atoms with Crippen LogP contribution in [0, 0.1) is 0 Å². The number of hydrogen-bond donors (Lipinski definition) is 1. The molecule has 1 rings (SSSR count). The summed E-state index contributed by atoms with van der Waals surface area (Å²) in [7, 11) is 11.0. The molecule has 0 unspecified atom stereocenters. The summed E-state index contributed by atoms with van der Waals surface area (Å²) in [5, 5.41) is 3.43. The molecule has 0 atom stereocenters. The molecule has 154 valence electrons. The van der Waals surface area contributed by atoms with Crippen LogP contribution in [0.4, 0.5) is 0 Å². The van der Waals surface area contributed by atoms with Gasteiger partial charge in [-0.2, -0.15) is 0 Å². The molecule has 0 saturated heterocycles. The standard InChI is InChI=1S/C20H36N4O3/c1-21-20(22-11-7-12-23(2)14-15-25-4)24(3)13-10-17-8-9-18(26-5)19(16-17)27-6/h8-9,16H,7,10-15H2,1-6H3,(H,21,22). The van der Waals surface area contributed by atoms with Gasteiger partial charge in [0, 0.05) is 40.8 Å². The van der Waals surface area contributed by atoms with E-state index in [1.165, 1.54) is 5.56 Å². The lowest BCUT2D eigenvalue weighted by Gasteiger charge is -2.23. The Kier molecular flexibility index (Phi) is 11.3. The molecular formula is C20H36N4O3. The summed E-state index contributed by atoms with van der Waals surface area (Å²) in [6, 6.07) is 6.04. The monoisotopic (exact) mass is 380 g/mol. The Bertz CT molecular complexity index is 566. The first-order valence-electron chi connectivity index (χ1n) is 9.35. The van der Waals surface area contributed by atoms with Gasteiger partial charge in [-0.1, -0.05) is 6.07 Å². The molecule has 0 saturated carbocycles. The molecule has 7 nitrogen and oxygen atoms in total. The first-order chi connectivity index (χ1) is 13.0. The summed E-state index contributed by atoms with van der Waals surface area (Å²) in [6.45, 7) is 4.51. The van der Waals surface area contributed by atoms with Gasteiger partial charge in [-0.15, -0.1) is 0 Å². The van der Waals surface area contributed by atoms with Gasteiger partial charge in [-0.25, -0.2) is 0 Å². The van der Waals surface area contributed by atoms with Crippen LogP contribution in [0.5, 0.6) is 11.5 Å². The first-order valence-corrected chi connectivity index (χ1v) is 9.35. The van der Waals surface area contributed by atoms with E-state index in [-0.39, 0.29) is 0 Å². The van der Waals surface area contributed by atoms with E-state index in [9.17, 15) is 0 Å². The largest absolute Gasteiger partial charge is 0.493 e. The van der Waals surface area contributed by atoms with Crippen molar-refractivity contribution in [3.05, 3.63) is 23.8 Å². The minimum absolute atomic E-state index is 0.752. The van der Waals surface area contributed by atoms with Crippen molar-refractivity contribution in [3.8, 4) is 11.5 Å². The zero-order valence-corrected chi connectivity index (χ0v) is 17.7. The fourth-order valence-corrected chi connectivity index (χ4v) is 2.73. The first kappa shape index (κ1) is 23.0. The Morgan fingerprint density at radius 3 is 2.41 bits per heavy atom. The molecule has 0 radical (unpaired) electrons. The van der Waals surface area contributed by atoms with Crippen LogP contribution in [0.2, 0.25) is 0 Å². The maximum absolute atomic E-state index is 5.38. The number of aliphatic imine (C=N–C) groups is 1. The molecule has 1 aromatic rings. The van der Waals surface area contributed by atoms with Gasteiger partial charge in [-0.3, -0.25) is 4.99 Å². The Hall–Kier alpha value is -1.99. The second-order valence-corrected chi connectivity index (χ2v) is 6.48. The van der Waals surface area contributed by atoms with Gasteiger partial charge in [-0.05, 0) is 44.1 Å². The Morgan fingerprint density at radius 2 is 1.78 bits per heavy atom. The molecule has 0 heterocycles. The number of hydrogen-bond acceptors (Lipinski definition) is 5. The summed E-state index contributed by atoms with van der Waals surface area (Å²) < 4.78 is 15.8. The predicted molar refractivity (Wildman–Crippen MR) is 111 cm³/mol. The van der Waals surface area contributed by atoms with Gasteiger partial charge >= 0.3 is 0 Å². The van der Waals surface area contributed by atoms with Crippen LogP contribution < -0.4 is 14.8 Å². The van der Waals surface area contributed by atoms with Gasteiger partial charge in [0.05, 0.1) is 20.8 Å². The minimum atomic E-state index is 0.752. The average Bonchev–Trinajstić information content (AvgIpc) is 2.70. The molecule has 27 heavy (non-hydrogen) atoms. The van der Waals surface area contributed by atoms with Crippen molar-refractivity contribution < 1.29 is 14.2 Å². The van der Waals surface area contributed by atoms with Crippen molar-refractivity contribution in [2.45, 2.75) is 12.8 Å². The van der Waals surface area contributed by atoms with Gasteiger partial charge < -0.3 is 29.3 Å². The van der Waals surface area contributed by atoms with E-state index in [0.717, 1.165) is 63.1 Å². The summed E-state index contributed by atoms with van der Waals surface area (Å²) in [4.78, 5) is 8.80. The lowest BCUT2D eigenvalue weighted by molar-refractivity contribution is 0.161. The van der Waals surface area contributed by atoms with Crippen LogP contribution in [0.15, 0.2) is 23.2 Å². The molecular weight excluding hydrogens is 344 g/mol. The van der Waals surface area contributed by atoms with E-state index in [4.69, 9.17) is 14.2 Å². The van der Waals surface area contributed by atoms with Crippen molar-refractivity contribution in [3.63, 3.8) is 0 Å². The molecule has 0 aliphatic carbocycles. The third kappa shape index (κ3) is 8.49. The maximum atomic E-state index is 5.38. The highest BCUT2D eigenvalue weighted by molar-refractivity contribution is 5.79. The molecule has 7 heteroatoms. The molecule has 0 aliphatic rings. The van der Waals surface area contributed by atoms with Crippen molar-refractivity contribution in [1.29, 1.82) is 0 Å². The number of nitrogens with zero attached hydrogens (tertiary/aromatic N) is 3. The number of rotatable bonds is 12. The predicted octanol–water partition coefficient (Wildman–Crippen LogP) is 1.72. The molecule has 0 bridgehead atoms. The normalized spacial score (nSPS) is 11.6. The Balaban J connectivity index is 2.40. The van der Waals surface area contributed by atoms with Crippen LogP contribution in [-0.2, 0) is 11.2 Å². The van der Waals surface area contributed by atoms with E-state index >= 15 is 0 Å². The van der Waals surface area contributed by atoms with Gasteiger partial charge in [0.15, 0.2) is 17.5 Å². The van der Waals surface area contributed by atoms with Crippen LogP contribution in [0.1, 0.15) is 12.0 Å². The average molecular weight is 381 g/mol. The number of nitrogens with one attached hydrogen (secondary N) is 1. The van der Waals surface area contributed by atoms with Crippen LogP contribution in [0.25, 0.3) is 0 Å². The third-order valence-electron chi connectivity index (χ3n) is 4.43.